The fourth-order valence-corrected chi connectivity index (χ4v) is 2.00. The zero-order valence-corrected chi connectivity index (χ0v) is 8.87. The first-order chi connectivity index (χ1) is 6.50. The van der Waals surface area contributed by atoms with Gasteiger partial charge in [-0.2, -0.15) is 0 Å². The number of alkyl halides is 3. The van der Waals surface area contributed by atoms with E-state index in [0.717, 1.165) is 0 Å². The molecule has 0 radical (unpaired) electrons. The molecule has 14 heavy (non-hydrogen) atoms. The summed E-state index contributed by atoms with van der Waals surface area (Å²) in [7, 11) is 0. The molecule has 1 aromatic carbocycles. The maximum absolute atomic E-state index is 11.7. The molecule has 0 aromatic heterocycles. The van der Waals surface area contributed by atoms with Crippen LogP contribution in [-0.2, 0) is 7.86 Å². The van der Waals surface area contributed by atoms with Crippen LogP contribution in [0.3, 0.4) is 0 Å². The Morgan fingerprint density at radius 3 is 2.29 bits per heavy atom. The SMILES string of the molecule is O=C(O[I-]c1ccccc1)C(F)(F)F. The number of hydrogen-bond acceptors (Lipinski definition) is 2. The minimum absolute atomic E-state index is 0.629. The second kappa shape index (κ2) is 4.63. The molecule has 2 nitrogen and oxygen atoms in total. The molecule has 0 saturated heterocycles. The molecular weight excluding hydrogens is 312 g/mol. The molecule has 0 amide bonds. The van der Waals surface area contributed by atoms with Gasteiger partial charge in [-0.05, 0) is 0 Å². The second-order valence-corrected chi connectivity index (χ2v) is 4.36. The zero-order valence-electron chi connectivity index (χ0n) is 6.72. The molecule has 0 atom stereocenters. The number of carbonyl (C=O) groups is 1. The average molecular weight is 317 g/mol. The van der Waals surface area contributed by atoms with Crippen LogP contribution in [0.2, 0.25) is 0 Å². The van der Waals surface area contributed by atoms with E-state index >= 15 is 0 Å². The summed E-state index contributed by atoms with van der Waals surface area (Å²) in [4.78, 5) is 10.3. The Kier molecular flexibility index (Phi) is 3.73. The summed E-state index contributed by atoms with van der Waals surface area (Å²) in [6.45, 7) is 0. The van der Waals surface area contributed by atoms with Crippen LogP contribution in [0.1, 0.15) is 0 Å². The number of benzene rings is 1. The fraction of sp³-hybridized carbons (Fsp3) is 0.125. The van der Waals surface area contributed by atoms with Gasteiger partial charge < -0.3 is 0 Å². The summed E-state index contributed by atoms with van der Waals surface area (Å²) in [5, 5.41) is 0. The Bertz CT molecular complexity index is 310. The van der Waals surface area contributed by atoms with Gasteiger partial charge in [0.05, 0.1) is 0 Å². The molecule has 0 spiro atoms. The summed E-state index contributed by atoms with van der Waals surface area (Å²) < 4.78 is 39.9. The molecule has 0 aliphatic carbocycles. The van der Waals surface area contributed by atoms with Crippen LogP contribution in [0, 0.1) is 3.57 Å². The van der Waals surface area contributed by atoms with Crippen molar-refractivity contribution in [3.8, 4) is 0 Å². The van der Waals surface area contributed by atoms with Crippen molar-refractivity contribution in [2.24, 2.45) is 0 Å². The van der Waals surface area contributed by atoms with E-state index in [-0.39, 0.29) is 0 Å². The van der Waals surface area contributed by atoms with Gasteiger partial charge in [0.2, 0.25) is 0 Å². The predicted molar refractivity (Wildman–Crippen MR) is 37.3 cm³/mol. The molecule has 6 heteroatoms. The van der Waals surface area contributed by atoms with Crippen molar-refractivity contribution in [2.75, 3.05) is 0 Å². The van der Waals surface area contributed by atoms with Gasteiger partial charge in [0.15, 0.2) is 0 Å². The molecule has 0 N–H and O–H groups in total. The normalized spacial score (nSPS) is 11.4. The Hall–Kier alpha value is -0.790. The number of hydrogen-bond donors (Lipinski definition) is 0. The number of rotatable bonds is 2. The Morgan fingerprint density at radius 2 is 1.79 bits per heavy atom. The molecule has 1 rings (SSSR count). The van der Waals surface area contributed by atoms with Crippen molar-refractivity contribution in [1.29, 1.82) is 0 Å². The van der Waals surface area contributed by atoms with Gasteiger partial charge in [-0.1, -0.05) is 0 Å². The summed E-state index contributed by atoms with van der Waals surface area (Å²) in [5.41, 5.74) is 0. The van der Waals surface area contributed by atoms with Crippen LogP contribution < -0.4 is 21.6 Å². The van der Waals surface area contributed by atoms with Crippen molar-refractivity contribution >= 4 is 5.97 Å². The number of halogens is 4. The first kappa shape index (κ1) is 11.3. The molecule has 0 unspecified atom stereocenters. The van der Waals surface area contributed by atoms with Gasteiger partial charge in [0.25, 0.3) is 0 Å². The van der Waals surface area contributed by atoms with E-state index in [1.807, 2.05) is 0 Å². The van der Waals surface area contributed by atoms with Crippen LogP contribution in [0.4, 0.5) is 13.2 Å². The van der Waals surface area contributed by atoms with Crippen LogP contribution in [0.25, 0.3) is 0 Å². The Morgan fingerprint density at radius 1 is 1.21 bits per heavy atom. The van der Waals surface area contributed by atoms with E-state index in [4.69, 9.17) is 0 Å². The Balaban J connectivity index is 2.46. The first-order valence-corrected chi connectivity index (χ1v) is 5.44. The van der Waals surface area contributed by atoms with E-state index in [1.54, 1.807) is 30.3 Å². The van der Waals surface area contributed by atoms with Gasteiger partial charge in [-0.3, -0.25) is 0 Å². The van der Waals surface area contributed by atoms with Gasteiger partial charge in [0.1, 0.15) is 0 Å². The van der Waals surface area contributed by atoms with Crippen LogP contribution in [0.15, 0.2) is 30.3 Å². The quantitative estimate of drug-likeness (QED) is 0.652. The van der Waals surface area contributed by atoms with Crippen molar-refractivity contribution in [3.63, 3.8) is 0 Å². The third-order valence-corrected chi connectivity index (χ3v) is 3.01. The van der Waals surface area contributed by atoms with E-state index in [1.165, 1.54) is 0 Å². The monoisotopic (exact) mass is 317 g/mol. The summed E-state index contributed by atoms with van der Waals surface area (Å²) >= 11 is -1.35. The Labute approximate surface area is 88.9 Å². The van der Waals surface area contributed by atoms with Crippen molar-refractivity contribution in [1.82, 2.24) is 0 Å². The molecular formula is C8H5F3IO2-. The predicted octanol–water partition coefficient (Wildman–Crippen LogP) is -1.03. The number of carbonyl (C=O) groups excluding carboxylic acids is 1. The van der Waals surface area contributed by atoms with E-state index < -0.39 is 33.8 Å². The topological polar surface area (TPSA) is 26.3 Å². The van der Waals surface area contributed by atoms with Crippen LogP contribution in [0.5, 0.6) is 0 Å². The maximum atomic E-state index is 11.7. The standard InChI is InChI=1S/C8H5F3IO2/c9-8(10,11)7(13)14-12-6-4-2-1-3-5-6/h1-5H/q-1. The molecule has 0 bridgehead atoms. The molecule has 0 aliphatic rings. The van der Waals surface area contributed by atoms with Gasteiger partial charge in [0, 0.05) is 0 Å². The molecule has 0 heterocycles. The third kappa shape index (κ3) is 3.52. The third-order valence-electron chi connectivity index (χ3n) is 1.16. The van der Waals surface area contributed by atoms with E-state index in [2.05, 4.69) is 3.07 Å². The van der Waals surface area contributed by atoms with E-state index in [0.29, 0.717) is 3.57 Å². The van der Waals surface area contributed by atoms with Crippen molar-refractivity contribution in [3.05, 3.63) is 33.9 Å². The fourth-order valence-electron chi connectivity index (χ4n) is 0.589. The summed E-state index contributed by atoms with van der Waals surface area (Å²) in [5.74, 6) is -2.12. The average Bonchev–Trinajstić information content (AvgIpc) is 2.14. The molecule has 0 saturated carbocycles. The van der Waals surface area contributed by atoms with Crippen LogP contribution in [-0.4, -0.2) is 12.1 Å². The molecule has 1 aromatic rings. The first-order valence-electron chi connectivity index (χ1n) is 3.48. The van der Waals surface area contributed by atoms with Gasteiger partial charge in [-0.25, -0.2) is 0 Å². The molecule has 78 valence electrons. The molecule has 0 aliphatic heterocycles. The second-order valence-electron chi connectivity index (χ2n) is 2.24. The molecule has 0 fully saturated rings. The van der Waals surface area contributed by atoms with Gasteiger partial charge in [-0.15, -0.1) is 0 Å². The van der Waals surface area contributed by atoms with Gasteiger partial charge >= 0.3 is 88.7 Å². The van der Waals surface area contributed by atoms with Crippen LogP contribution >= 0.6 is 0 Å². The summed E-state index contributed by atoms with van der Waals surface area (Å²) in [6.07, 6.45) is -4.89. The summed E-state index contributed by atoms with van der Waals surface area (Å²) in [6, 6.07) is 8.33. The van der Waals surface area contributed by atoms with Crippen molar-refractivity contribution < 1.29 is 42.7 Å². The van der Waals surface area contributed by atoms with E-state index in [9.17, 15) is 18.0 Å². The van der Waals surface area contributed by atoms with Crippen molar-refractivity contribution in [2.45, 2.75) is 6.18 Å². The minimum atomic E-state index is -4.89. The zero-order chi connectivity index (χ0) is 10.6.